The molecule has 0 saturated heterocycles. The second-order valence-corrected chi connectivity index (χ2v) is 5.09. The van der Waals surface area contributed by atoms with Crippen LogP contribution in [0.25, 0.3) is 0 Å². The van der Waals surface area contributed by atoms with Crippen molar-refractivity contribution in [3.05, 3.63) is 12.2 Å². The fraction of sp³-hybridized carbons (Fsp3) is 0.846. The summed E-state index contributed by atoms with van der Waals surface area (Å²) in [5, 5.41) is 10.8. The van der Waals surface area contributed by atoms with Crippen LogP contribution in [0.15, 0.2) is 12.2 Å². The Bertz CT molecular complexity index is 261. The third kappa shape index (κ3) is 1.64. The van der Waals surface area contributed by atoms with Gasteiger partial charge in [0.25, 0.3) is 0 Å². The highest BCUT2D eigenvalue weighted by Crippen LogP contribution is 2.50. The number of aliphatic hydroxyl groups is 1. The fourth-order valence-corrected chi connectivity index (χ4v) is 3.18. The number of ether oxygens (including phenoxy) is 1. The monoisotopic (exact) mass is 210 g/mol. The van der Waals surface area contributed by atoms with Crippen molar-refractivity contribution in [3.63, 3.8) is 0 Å². The molecule has 3 atom stereocenters. The Balaban J connectivity index is 2.21. The summed E-state index contributed by atoms with van der Waals surface area (Å²) in [5.74, 6) is 0.573. The SMILES string of the molecule is CCCC[C@@]1(O)C[C@@H]2C=C[C@@]1(OC)CC2. The molecule has 3 rings (SSSR count). The van der Waals surface area contributed by atoms with Crippen molar-refractivity contribution in [1.82, 2.24) is 0 Å². The molecule has 0 aromatic carbocycles. The number of allylic oxidation sites excluding steroid dienone is 1. The minimum atomic E-state index is -0.616. The van der Waals surface area contributed by atoms with Crippen LogP contribution in [0, 0.1) is 5.92 Å². The summed E-state index contributed by atoms with van der Waals surface area (Å²) in [4.78, 5) is 0. The molecule has 1 N–H and O–H groups in total. The number of fused-ring (bicyclic) bond motifs is 2. The van der Waals surface area contributed by atoms with Gasteiger partial charge < -0.3 is 9.84 Å². The Morgan fingerprint density at radius 3 is 2.87 bits per heavy atom. The molecule has 0 aromatic heterocycles. The molecule has 3 aliphatic carbocycles. The molecule has 0 radical (unpaired) electrons. The first kappa shape index (κ1) is 11.2. The van der Waals surface area contributed by atoms with E-state index in [0.717, 1.165) is 32.1 Å². The van der Waals surface area contributed by atoms with Crippen LogP contribution in [0.3, 0.4) is 0 Å². The number of hydrogen-bond donors (Lipinski definition) is 1. The highest BCUT2D eigenvalue weighted by molar-refractivity contribution is 5.23. The van der Waals surface area contributed by atoms with Gasteiger partial charge >= 0.3 is 0 Å². The normalized spacial score (nSPS) is 43.5. The van der Waals surface area contributed by atoms with Gasteiger partial charge in [-0.1, -0.05) is 31.9 Å². The van der Waals surface area contributed by atoms with Crippen LogP contribution in [0.4, 0.5) is 0 Å². The van der Waals surface area contributed by atoms with Gasteiger partial charge in [0.15, 0.2) is 0 Å². The van der Waals surface area contributed by atoms with Gasteiger partial charge in [0.1, 0.15) is 5.60 Å². The van der Waals surface area contributed by atoms with E-state index in [9.17, 15) is 5.11 Å². The van der Waals surface area contributed by atoms with E-state index in [1.807, 2.05) is 0 Å². The van der Waals surface area contributed by atoms with Gasteiger partial charge in [-0.15, -0.1) is 0 Å². The van der Waals surface area contributed by atoms with Crippen molar-refractivity contribution >= 4 is 0 Å². The van der Waals surface area contributed by atoms with Crippen molar-refractivity contribution in [2.45, 2.75) is 56.7 Å². The molecule has 86 valence electrons. The van der Waals surface area contributed by atoms with Crippen molar-refractivity contribution < 1.29 is 9.84 Å². The van der Waals surface area contributed by atoms with Crippen LogP contribution in [0.1, 0.15) is 45.4 Å². The molecule has 2 heteroatoms. The summed E-state index contributed by atoms with van der Waals surface area (Å²) in [5.41, 5.74) is -1.01. The van der Waals surface area contributed by atoms with Crippen LogP contribution in [0.5, 0.6) is 0 Å². The lowest BCUT2D eigenvalue weighted by Crippen LogP contribution is -2.60. The number of hydrogen-bond acceptors (Lipinski definition) is 2. The molecule has 3 aliphatic rings. The summed E-state index contributed by atoms with van der Waals surface area (Å²) in [6.07, 6.45) is 10.5. The van der Waals surface area contributed by atoms with E-state index in [2.05, 4.69) is 19.1 Å². The predicted octanol–water partition coefficient (Wildman–Crippen LogP) is 2.66. The second kappa shape index (κ2) is 3.91. The van der Waals surface area contributed by atoms with E-state index in [-0.39, 0.29) is 0 Å². The summed E-state index contributed by atoms with van der Waals surface area (Å²) < 4.78 is 5.64. The molecule has 0 spiro atoms. The standard InChI is InChI=1S/C13H22O2/c1-3-4-7-12(14)10-11-5-8-13(12,15-2)9-6-11/h5,8,11,14H,3-4,6-7,9-10H2,1-2H3/t11-,12-,13-/m1/s1. The minimum Gasteiger partial charge on any atom is -0.387 e. The zero-order chi connectivity index (χ0) is 10.9. The Morgan fingerprint density at radius 1 is 1.53 bits per heavy atom. The average molecular weight is 210 g/mol. The molecule has 15 heavy (non-hydrogen) atoms. The summed E-state index contributed by atoms with van der Waals surface area (Å²) >= 11 is 0. The lowest BCUT2D eigenvalue weighted by atomic mass is 9.61. The number of unbranched alkanes of at least 4 members (excludes halogenated alkanes) is 1. The van der Waals surface area contributed by atoms with E-state index in [1.165, 1.54) is 6.42 Å². The highest BCUT2D eigenvalue weighted by Gasteiger charge is 2.54. The van der Waals surface area contributed by atoms with E-state index < -0.39 is 11.2 Å². The maximum Gasteiger partial charge on any atom is 0.114 e. The van der Waals surface area contributed by atoms with Crippen LogP contribution in [-0.4, -0.2) is 23.4 Å². The Kier molecular flexibility index (Phi) is 2.91. The molecular formula is C13H22O2. The van der Waals surface area contributed by atoms with E-state index in [0.29, 0.717) is 5.92 Å². The molecule has 0 aliphatic heterocycles. The first-order valence-corrected chi connectivity index (χ1v) is 6.13. The lowest BCUT2D eigenvalue weighted by Gasteiger charge is -2.53. The molecule has 0 heterocycles. The lowest BCUT2D eigenvalue weighted by molar-refractivity contribution is -0.182. The molecule has 1 fully saturated rings. The fourth-order valence-electron chi connectivity index (χ4n) is 3.18. The van der Waals surface area contributed by atoms with Crippen LogP contribution in [0.2, 0.25) is 0 Å². The molecule has 1 saturated carbocycles. The van der Waals surface area contributed by atoms with E-state index in [4.69, 9.17) is 4.74 Å². The first-order chi connectivity index (χ1) is 7.16. The molecule has 2 nitrogen and oxygen atoms in total. The van der Waals surface area contributed by atoms with E-state index >= 15 is 0 Å². The third-order valence-corrected chi connectivity index (χ3v) is 4.22. The zero-order valence-corrected chi connectivity index (χ0v) is 9.83. The molecule has 0 amide bonds. The molecule has 0 unspecified atom stereocenters. The van der Waals surface area contributed by atoms with Gasteiger partial charge in [0, 0.05) is 7.11 Å². The quantitative estimate of drug-likeness (QED) is 0.723. The van der Waals surface area contributed by atoms with Gasteiger partial charge in [-0.05, 0) is 31.6 Å². The van der Waals surface area contributed by atoms with Crippen LogP contribution < -0.4 is 0 Å². The smallest absolute Gasteiger partial charge is 0.114 e. The van der Waals surface area contributed by atoms with E-state index in [1.54, 1.807) is 7.11 Å². The van der Waals surface area contributed by atoms with Gasteiger partial charge in [0.2, 0.25) is 0 Å². The van der Waals surface area contributed by atoms with Gasteiger partial charge in [-0.25, -0.2) is 0 Å². The first-order valence-electron chi connectivity index (χ1n) is 6.13. The second-order valence-electron chi connectivity index (χ2n) is 5.09. The largest absolute Gasteiger partial charge is 0.387 e. The van der Waals surface area contributed by atoms with Gasteiger partial charge in [-0.3, -0.25) is 0 Å². The van der Waals surface area contributed by atoms with Crippen LogP contribution >= 0.6 is 0 Å². The predicted molar refractivity (Wildman–Crippen MR) is 60.7 cm³/mol. The Labute approximate surface area is 92.3 Å². The molecule has 2 bridgehead atoms. The van der Waals surface area contributed by atoms with Crippen molar-refractivity contribution in [2.24, 2.45) is 5.92 Å². The number of methoxy groups -OCH3 is 1. The molecule has 0 aromatic rings. The maximum absolute atomic E-state index is 10.8. The minimum absolute atomic E-state index is 0.392. The summed E-state index contributed by atoms with van der Waals surface area (Å²) in [6.45, 7) is 2.17. The van der Waals surface area contributed by atoms with Crippen molar-refractivity contribution in [3.8, 4) is 0 Å². The Hall–Kier alpha value is -0.340. The summed E-state index contributed by atoms with van der Waals surface area (Å²) in [7, 11) is 1.73. The number of rotatable bonds is 4. The highest BCUT2D eigenvalue weighted by atomic mass is 16.5. The van der Waals surface area contributed by atoms with Crippen molar-refractivity contribution in [1.29, 1.82) is 0 Å². The summed E-state index contributed by atoms with van der Waals surface area (Å²) in [6, 6.07) is 0. The topological polar surface area (TPSA) is 29.5 Å². The third-order valence-electron chi connectivity index (χ3n) is 4.22. The molecular weight excluding hydrogens is 188 g/mol. The van der Waals surface area contributed by atoms with Crippen LogP contribution in [-0.2, 0) is 4.74 Å². The van der Waals surface area contributed by atoms with Gasteiger partial charge in [-0.2, -0.15) is 0 Å². The zero-order valence-electron chi connectivity index (χ0n) is 9.83. The van der Waals surface area contributed by atoms with Crippen molar-refractivity contribution in [2.75, 3.05) is 7.11 Å². The maximum atomic E-state index is 10.8. The Morgan fingerprint density at radius 2 is 2.33 bits per heavy atom. The van der Waals surface area contributed by atoms with Gasteiger partial charge in [0.05, 0.1) is 5.60 Å². The average Bonchev–Trinajstić information content (AvgIpc) is 2.28.